The largest absolute Gasteiger partial charge is 0.359 e. The molecule has 12 fully saturated rings. The number of rotatable bonds is 4. The van der Waals surface area contributed by atoms with Crippen LogP contribution in [0.2, 0.25) is 0 Å². The van der Waals surface area contributed by atoms with Gasteiger partial charge >= 0.3 is 0 Å². The topological polar surface area (TPSA) is 85.0 Å². The van der Waals surface area contributed by atoms with Gasteiger partial charge in [0.1, 0.15) is 11.2 Å². The highest BCUT2D eigenvalue weighted by atomic mass is 16.5. The zero-order chi connectivity index (χ0) is 81.3. The minimum absolute atomic E-state index is 0.0140. The van der Waals surface area contributed by atoms with Crippen LogP contribution in [-0.4, -0.2) is 97.2 Å². The third kappa shape index (κ3) is 11.1. The Morgan fingerprint density at radius 1 is 0.270 bits per heavy atom. The Hall–Kier alpha value is -7.60. The lowest BCUT2D eigenvalue weighted by atomic mass is 9.58. The van der Waals surface area contributed by atoms with Gasteiger partial charge in [-0.05, 0) is 379 Å². The monoisotopic (exact) mass is 1620 g/mol. The van der Waals surface area contributed by atoms with E-state index in [1.165, 1.54) is 234 Å². The molecular weight excluding hydrogens is 1490 g/mol. The Morgan fingerprint density at radius 3 is 0.959 bits per heavy atom. The maximum absolute atomic E-state index is 7.32. The minimum atomic E-state index is -0.0475. The van der Waals surface area contributed by atoms with E-state index in [-0.39, 0.29) is 66.5 Å². The molecular formula is C114H128N4O4. The second-order valence-electron chi connectivity index (χ2n) is 43.6. The van der Waals surface area contributed by atoms with Crippen LogP contribution in [0.5, 0.6) is 0 Å². The quantitative estimate of drug-likeness (QED) is 0.139. The molecule has 8 spiro atoms. The molecule has 8 aromatic rings. The summed E-state index contributed by atoms with van der Waals surface area (Å²) in [6, 6.07) is 64.0. The van der Waals surface area contributed by atoms with Crippen molar-refractivity contribution in [1.29, 1.82) is 0 Å². The molecule has 8 aliphatic carbocycles. The average molecular weight is 1620 g/mol. The van der Waals surface area contributed by atoms with E-state index in [9.17, 15) is 0 Å². The molecule has 4 saturated carbocycles. The van der Waals surface area contributed by atoms with Gasteiger partial charge in [-0.3, -0.25) is 0 Å². The molecule has 20 aliphatic rings. The Bertz CT molecular complexity index is 5560. The SMILES string of the molecule is C[C@]12CC=C3C=C4CCCNC[C@]45CC[C@]3(O5)[C@@H]1CC[C@@H]2c1ccc2ccccc2c1.C[C@]12CC=C3C=C4CCNCC[C@]45CC[C@]3(O5)[C@@H]1CC[C@@H]2c1ccc2ccccc2c1.C[C@]12CC=C3C=C4CCNC[C@]45CC[C@]3(O5)[C@@H]1CC[C@@H]2c1ccc2ccccc2c1.C[C@]12CC=C3C=C4CNCC[C@]45CC[C@]3(O5)[C@@H]1CC[C@@H]2c1ccc2ccccc2c1. The summed E-state index contributed by atoms with van der Waals surface area (Å²) in [7, 11) is 0. The van der Waals surface area contributed by atoms with E-state index in [4.69, 9.17) is 18.9 Å². The first kappa shape index (κ1) is 76.8. The molecule has 8 nitrogen and oxygen atoms in total. The molecule has 20 atom stereocenters. The summed E-state index contributed by atoms with van der Waals surface area (Å²) in [6.45, 7) is 18.8. The molecule has 628 valence electrons. The Morgan fingerprint density at radius 2 is 0.574 bits per heavy atom. The van der Waals surface area contributed by atoms with Crippen molar-refractivity contribution < 1.29 is 18.9 Å². The van der Waals surface area contributed by atoms with E-state index in [1.807, 2.05) is 0 Å². The maximum Gasteiger partial charge on any atom is 0.103 e. The standard InChI is InChI=1S/2C29H33NO.2C28H31NO/c1-27-13-12-24-18-23-7-4-16-30-19-28(23)14-15-29(24,31-28)26(27)11-10-25(27)22-9-8-20-5-2-3-6-21(20)17-22;1-27-12-10-24-19-23-11-16-30-17-15-28(23)13-14-29(24,31-28)26(27)9-8-25(27)22-7-6-20-4-2-3-5-21(20)18-22;1-26-12-10-23-17-22-11-15-29-18-27(22)13-14-28(23,30-27)25(26)9-8-24(26)21-7-6-19-4-2-3-5-20(19)16-21;1-26-11-10-22-17-23-18-29-15-14-27(23)12-13-28(22,30-27)25(26)9-8-24(26)21-7-6-19-4-2-3-5-20(19)16-21/h2-3,5-6,8-9,12,17-18,25-26,30H,4,7,10-11,13-16,19H2,1H3;2-7,10,18-19,25-26,30H,8-9,11-17H2,1H3;2*2-7,10,16-17,24-25,29H,8-9,11-15,18H2,1H3/t2*25-,26-,27-,28-,29-;2*24-,25-,26-,27-,28-/m1111/s1. The first-order valence-electron chi connectivity index (χ1n) is 48.8. The molecule has 0 amide bonds. The van der Waals surface area contributed by atoms with Gasteiger partial charge in [0.25, 0.3) is 0 Å². The van der Waals surface area contributed by atoms with Gasteiger partial charge in [-0.25, -0.2) is 0 Å². The van der Waals surface area contributed by atoms with Gasteiger partial charge in [-0.15, -0.1) is 0 Å². The lowest BCUT2D eigenvalue weighted by Gasteiger charge is -2.54. The van der Waals surface area contributed by atoms with Crippen LogP contribution in [0.4, 0.5) is 0 Å². The highest BCUT2D eigenvalue weighted by molar-refractivity contribution is 5.86. The summed E-state index contributed by atoms with van der Waals surface area (Å²) in [5, 5.41) is 25.4. The number of hydrogen-bond acceptors (Lipinski definition) is 8. The Balaban J connectivity index is 0.0000000896. The summed E-state index contributed by atoms with van der Waals surface area (Å²) in [4.78, 5) is 0. The van der Waals surface area contributed by atoms with Crippen LogP contribution in [-0.2, 0) is 18.9 Å². The van der Waals surface area contributed by atoms with E-state index in [0.29, 0.717) is 47.3 Å². The molecule has 8 bridgehead atoms. The zero-order valence-electron chi connectivity index (χ0n) is 73.1. The van der Waals surface area contributed by atoms with Crippen molar-refractivity contribution in [3.63, 3.8) is 0 Å². The molecule has 4 N–H and O–H groups in total. The zero-order valence-corrected chi connectivity index (χ0v) is 73.1. The summed E-state index contributed by atoms with van der Waals surface area (Å²) >= 11 is 0. The van der Waals surface area contributed by atoms with Crippen LogP contribution in [0.15, 0.2) is 263 Å². The second-order valence-corrected chi connectivity index (χ2v) is 43.6. The fraction of sp³-hybridized carbons (Fsp3) is 0.509. The van der Waals surface area contributed by atoms with Crippen LogP contribution in [0.3, 0.4) is 0 Å². The molecule has 8 aromatic carbocycles. The van der Waals surface area contributed by atoms with E-state index in [2.05, 4.69) is 267 Å². The molecule has 28 rings (SSSR count). The van der Waals surface area contributed by atoms with Crippen LogP contribution in [0.25, 0.3) is 43.1 Å². The summed E-state index contributed by atoms with van der Waals surface area (Å²) in [5.41, 5.74) is 19.4. The van der Waals surface area contributed by atoms with Gasteiger partial charge in [0.2, 0.25) is 0 Å². The van der Waals surface area contributed by atoms with Crippen molar-refractivity contribution in [2.75, 3.05) is 52.4 Å². The van der Waals surface area contributed by atoms with E-state index >= 15 is 0 Å². The number of fused-ring (bicyclic) bond motifs is 8. The van der Waals surface area contributed by atoms with E-state index < -0.39 is 0 Å². The summed E-state index contributed by atoms with van der Waals surface area (Å²) in [5.74, 6) is 4.99. The fourth-order valence-corrected chi connectivity index (χ4v) is 32.5. The van der Waals surface area contributed by atoms with Crippen molar-refractivity contribution in [1.82, 2.24) is 21.3 Å². The van der Waals surface area contributed by atoms with Crippen LogP contribution in [0, 0.1) is 45.3 Å². The number of allylic oxidation sites excluding steroid dienone is 4. The third-order valence-electron chi connectivity index (χ3n) is 38.6. The fourth-order valence-electron chi connectivity index (χ4n) is 32.5. The Kier molecular flexibility index (Phi) is 17.6. The minimum Gasteiger partial charge on any atom is -0.359 e. The molecule has 8 saturated heterocycles. The van der Waals surface area contributed by atoms with Gasteiger partial charge in [0, 0.05) is 19.6 Å². The molecule has 0 aromatic heterocycles. The highest BCUT2D eigenvalue weighted by Crippen LogP contribution is 2.74. The molecule has 12 aliphatic heterocycles. The second kappa shape index (κ2) is 28.0. The van der Waals surface area contributed by atoms with Crippen LogP contribution >= 0.6 is 0 Å². The predicted octanol–water partition coefficient (Wildman–Crippen LogP) is 24.3. The van der Waals surface area contributed by atoms with Gasteiger partial charge in [0.15, 0.2) is 0 Å². The lowest BCUT2D eigenvalue weighted by molar-refractivity contribution is -0.132. The Labute approximate surface area is 724 Å². The first-order chi connectivity index (χ1) is 59.5. The predicted molar refractivity (Wildman–Crippen MR) is 496 cm³/mol. The van der Waals surface area contributed by atoms with Gasteiger partial charge in [0.05, 0.1) is 33.6 Å². The molecule has 0 radical (unpaired) electrons. The molecule has 122 heavy (non-hydrogen) atoms. The number of hydrogen-bond donors (Lipinski definition) is 4. The van der Waals surface area contributed by atoms with Crippen molar-refractivity contribution in [2.24, 2.45) is 45.3 Å². The van der Waals surface area contributed by atoms with Gasteiger partial charge in [-0.1, -0.05) is 246 Å². The maximum atomic E-state index is 7.32. The number of piperidine rings is 2. The average Bonchev–Trinajstić information content (AvgIpc) is 1.55. The smallest absolute Gasteiger partial charge is 0.103 e. The van der Waals surface area contributed by atoms with Crippen LogP contribution in [0.1, 0.15) is 241 Å². The van der Waals surface area contributed by atoms with E-state index in [0.717, 1.165) is 78.0 Å². The van der Waals surface area contributed by atoms with Crippen LogP contribution < -0.4 is 21.3 Å². The molecule has 0 unspecified atom stereocenters. The third-order valence-corrected chi connectivity index (χ3v) is 38.6. The van der Waals surface area contributed by atoms with Crippen molar-refractivity contribution >= 4 is 43.1 Å². The van der Waals surface area contributed by atoms with Gasteiger partial charge in [-0.2, -0.15) is 0 Å². The van der Waals surface area contributed by atoms with Crippen molar-refractivity contribution in [2.45, 2.75) is 263 Å². The number of ether oxygens (including phenoxy) is 4. The lowest BCUT2D eigenvalue weighted by Crippen LogP contribution is -2.56. The van der Waals surface area contributed by atoms with Crippen molar-refractivity contribution in [3.05, 3.63) is 285 Å². The molecule has 8 heteroatoms. The summed E-state index contributed by atoms with van der Waals surface area (Å²) < 4.78 is 29.1. The normalized spacial score (nSPS) is 41.3. The highest BCUT2D eigenvalue weighted by Gasteiger charge is 2.71. The van der Waals surface area contributed by atoms with Gasteiger partial charge < -0.3 is 40.2 Å². The number of nitrogens with one attached hydrogen (secondary N) is 4. The van der Waals surface area contributed by atoms with Crippen molar-refractivity contribution in [3.8, 4) is 0 Å². The van der Waals surface area contributed by atoms with E-state index in [1.54, 1.807) is 16.7 Å². The first-order valence-corrected chi connectivity index (χ1v) is 48.8. The number of benzene rings is 8. The summed E-state index contributed by atoms with van der Waals surface area (Å²) in [6.07, 6.45) is 52.3. The molecule has 12 heterocycles.